The van der Waals surface area contributed by atoms with Crippen molar-refractivity contribution in [1.29, 1.82) is 0 Å². The van der Waals surface area contributed by atoms with E-state index in [4.69, 9.17) is 9.47 Å². The van der Waals surface area contributed by atoms with Gasteiger partial charge in [-0.25, -0.2) is 13.1 Å². The largest absolute Gasteiger partial charge is 0.496 e. The van der Waals surface area contributed by atoms with Gasteiger partial charge in [0.05, 0.1) is 16.5 Å². The highest BCUT2D eigenvalue weighted by molar-refractivity contribution is 9.10. The number of nitrogens with one attached hydrogen (secondary N) is 1. The van der Waals surface area contributed by atoms with Crippen molar-refractivity contribution in [3.05, 3.63) is 22.7 Å². The smallest absolute Gasteiger partial charge is 0.240 e. The maximum atomic E-state index is 12.1. The summed E-state index contributed by atoms with van der Waals surface area (Å²) in [6, 6.07) is 4.65. The van der Waals surface area contributed by atoms with Gasteiger partial charge in [0.1, 0.15) is 5.75 Å². The highest BCUT2D eigenvalue weighted by atomic mass is 79.9. The van der Waals surface area contributed by atoms with E-state index in [-0.39, 0.29) is 4.90 Å². The number of rotatable bonds is 9. The summed E-state index contributed by atoms with van der Waals surface area (Å²) < 4.78 is 37.9. The van der Waals surface area contributed by atoms with E-state index in [0.29, 0.717) is 42.3 Å². The molecule has 0 bridgehead atoms. The summed E-state index contributed by atoms with van der Waals surface area (Å²) in [7, 11) is -1.97. The van der Waals surface area contributed by atoms with E-state index in [0.717, 1.165) is 0 Å². The second-order valence-corrected chi connectivity index (χ2v) is 7.64. The average Bonchev–Trinajstić information content (AvgIpc) is 2.42. The van der Waals surface area contributed by atoms with Crippen LogP contribution in [0.25, 0.3) is 0 Å². The fourth-order valence-electron chi connectivity index (χ4n) is 1.60. The van der Waals surface area contributed by atoms with Crippen LogP contribution in [0.2, 0.25) is 0 Å². The maximum absolute atomic E-state index is 12.1. The lowest BCUT2D eigenvalue weighted by molar-refractivity contribution is 0.108. The minimum absolute atomic E-state index is 0.207. The van der Waals surface area contributed by atoms with E-state index >= 15 is 0 Å². The first-order chi connectivity index (χ1) is 9.86. The van der Waals surface area contributed by atoms with E-state index in [9.17, 15) is 8.42 Å². The normalized spacial score (nSPS) is 11.9. The summed E-state index contributed by atoms with van der Waals surface area (Å²) in [6.07, 6.45) is 0.642. The number of ether oxygens (including phenoxy) is 2. The highest BCUT2D eigenvalue weighted by Crippen LogP contribution is 2.27. The van der Waals surface area contributed by atoms with Gasteiger partial charge in [0.25, 0.3) is 0 Å². The SMILES string of the molecule is COc1ccc(S(=O)(=O)NCCCOCC(C)C)cc1Br. The van der Waals surface area contributed by atoms with Crippen molar-refractivity contribution in [3.8, 4) is 5.75 Å². The molecule has 1 N–H and O–H groups in total. The van der Waals surface area contributed by atoms with Crippen LogP contribution in [-0.2, 0) is 14.8 Å². The zero-order chi connectivity index (χ0) is 15.9. The highest BCUT2D eigenvalue weighted by Gasteiger charge is 2.15. The van der Waals surface area contributed by atoms with Crippen LogP contribution in [0.4, 0.5) is 0 Å². The molecule has 0 heterocycles. The zero-order valence-corrected chi connectivity index (χ0v) is 15.0. The molecule has 0 aromatic heterocycles. The summed E-state index contributed by atoms with van der Waals surface area (Å²) in [5, 5.41) is 0. The molecule has 0 aliphatic rings. The van der Waals surface area contributed by atoms with Crippen LogP contribution in [0.3, 0.4) is 0 Å². The Bertz CT molecular complexity index is 546. The number of halogens is 1. The molecule has 0 radical (unpaired) electrons. The first kappa shape index (κ1) is 18.4. The molecule has 120 valence electrons. The summed E-state index contributed by atoms with van der Waals surface area (Å²) in [5.41, 5.74) is 0. The minimum Gasteiger partial charge on any atom is -0.496 e. The van der Waals surface area contributed by atoms with Gasteiger partial charge in [0, 0.05) is 19.8 Å². The third-order valence-corrected chi connectivity index (χ3v) is 4.72. The second-order valence-electron chi connectivity index (χ2n) is 5.02. The van der Waals surface area contributed by atoms with Gasteiger partial charge in [0.2, 0.25) is 10.0 Å². The summed E-state index contributed by atoms with van der Waals surface area (Å²) >= 11 is 3.28. The monoisotopic (exact) mass is 379 g/mol. The first-order valence-electron chi connectivity index (χ1n) is 6.77. The molecule has 0 amide bonds. The Labute approximate surface area is 135 Å². The van der Waals surface area contributed by atoms with Crippen LogP contribution in [0.1, 0.15) is 20.3 Å². The first-order valence-corrected chi connectivity index (χ1v) is 9.05. The quantitative estimate of drug-likeness (QED) is 0.670. The predicted molar refractivity (Wildman–Crippen MR) is 86.2 cm³/mol. The number of hydrogen-bond acceptors (Lipinski definition) is 4. The van der Waals surface area contributed by atoms with Gasteiger partial charge < -0.3 is 9.47 Å². The minimum atomic E-state index is -3.50. The Morgan fingerprint density at radius 3 is 2.62 bits per heavy atom. The fraction of sp³-hybridized carbons (Fsp3) is 0.571. The molecule has 1 aromatic rings. The zero-order valence-electron chi connectivity index (χ0n) is 12.6. The van der Waals surface area contributed by atoms with Crippen LogP contribution in [0.5, 0.6) is 5.75 Å². The van der Waals surface area contributed by atoms with Crippen molar-refractivity contribution in [1.82, 2.24) is 4.72 Å². The molecule has 0 atom stereocenters. The Morgan fingerprint density at radius 2 is 2.05 bits per heavy atom. The van der Waals surface area contributed by atoms with E-state index < -0.39 is 10.0 Å². The van der Waals surface area contributed by atoms with Gasteiger partial charge in [-0.15, -0.1) is 0 Å². The Hall–Kier alpha value is -0.630. The van der Waals surface area contributed by atoms with Crippen molar-refractivity contribution < 1.29 is 17.9 Å². The van der Waals surface area contributed by atoms with E-state index in [2.05, 4.69) is 34.5 Å². The van der Waals surface area contributed by atoms with Crippen LogP contribution >= 0.6 is 15.9 Å². The third kappa shape index (κ3) is 6.34. The predicted octanol–water partition coefficient (Wildman–Crippen LogP) is 2.80. The second kappa shape index (κ2) is 8.73. The summed E-state index contributed by atoms with van der Waals surface area (Å²) in [5.74, 6) is 1.08. The molecule has 0 saturated carbocycles. The molecule has 0 aliphatic heterocycles. The Balaban J connectivity index is 2.48. The molecule has 0 saturated heterocycles. The number of methoxy groups -OCH3 is 1. The Morgan fingerprint density at radius 1 is 1.33 bits per heavy atom. The lowest BCUT2D eigenvalue weighted by atomic mass is 10.2. The number of hydrogen-bond donors (Lipinski definition) is 1. The number of sulfonamides is 1. The van der Waals surface area contributed by atoms with E-state index in [1.165, 1.54) is 19.2 Å². The molecule has 5 nitrogen and oxygen atoms in total. The molecular weight excluding hydrogens is 358 g/mol. The lowest BCUT2D eigenvalue weighted by Gasteiger charge is -2.10. The van der Waals surface area contributed by atoms with Crippen molar-refractivity contribution in [2.24, 2.45) is 5.92 Å². The van der Waals surface area contributed by atoms with Crippen molar-refractivity contribution >= 4 is 26.0 Å². The topological polar surface area (TPSA) is 64.6 Å². The van der Waals surface area contributed by atoms with Gasteiger partial charge in [-0.3, -0.25) is 0 Å². The van der Waals surface area contributed by atoms with E-state index in [1.807, 2.05) is 0 Å². The van der Waals surface area contributed by atoms with Crippen LogP contribution in [-0.4, -0.2) is 35.3 Å². The number of benzene rings is 1. The molecule has 21 heavy (non-hydrogen) atoms. The van der Waals surface area contributed by atoms with Crippen LogP contribution in [0, 0.1) is 5.92 Å². The van der Waals surface area contributed by atoms with Gasteiger partial charge in [-0.05, 0) is 46.5 Å². The standard InChI is InChI=1S/C14H22BrNO4S/c1-11(2)10-20-8-4-7-16-21(17,18)12-5-6-14(19-3)13(15)9-12/h5-6,9,11,16H,4,7-8,10H2,1-3H3. The van der Waals surface area contributed by atoms with Crippen LogP contribution < -0.4 is 9.46 Å². The molecule has 1 aromatic carbocycles. The van der Waals surface area contributed by atoms with E-state index in [1.54, 1.807) is 6.07 Å². The Kier molecular flexibility index (Phi) is 7.65. The maximum Gasteiger partial charge on any atom is 0.240 e. The summed E-state index contributed by atoms with van der Waals surface area (Å²) in [4.78, 5) is 0.207. The van der Waals surface area contributed by atoms with Gasteiger partial charge in [-0.1, -0.05) is 13.8 Å². The third-order valence-electron chi connectivity index (χ3n) is 2.64. The molecule has 0 unspecified atom stereocenters. The molecular formula is C14H22BrNO4S. The molecule has 0 spiro atoms. The molecule has 1 rings (SSSR count). The average molecular weight is 380 g/mol. The molecule has 7 heteroatoms. The fourth-order valence-corrected chi connectivity index (χ4v) is 3.39. The molecule has 0 aliphatic carbocycles. The van der Waals surface area contributed by atoms with Gasteiger partial charge in [0.15, 0.2) is 0 Å². The van der Waals surface area contributed by atoms with Crippen LogP contribution in [0.15, 0.2) is 27.6 Å². The van der Waals surface area contributed by atoms with Crippen molar-refractivity contribution in [3.63, 3.8) is 0 Å². The van der Waals surface area contributed by atoms with Gasteiger partial charge >= 0.3 is 0 Å². The summed E-state index contributed by atoms with van der Waals surface area (Å²) in [6.45, 7) is 5.74. The van der Waals surface area contributed by atoms with Crippen molar-refractivity contribution in [2.75, 3.05) is 26.9 Å². The van der Waals surface area contributed by atoms with Crippen molar-refractivity contribution in [2.45, 2.75) is 25.2 Å². The molecule has 0 fully saturated rings. The van der Waals surface area contributed by atoms with Gasteiger partial charge in [-0.2, -0.15) is 0 Å². The lowest BCUT2D eigenvalue weighted by Crippen LogP contribution is -2.25.